The number of halogens is 1. The molecule has 5 nitrogen and oxygen atoms in total. The van der Waals surface area contributed by atoms with E-state index in [2.05, 4.69) is 4.72 Å². The first-order valence-electron chi connectivity index (χ1n) is 6.49. The average molecular weight is 303 g/mol. The molecule has 0 aromatic heterocycles. The highest BCUT2D eigenvalue weighted by Gasteiger charge is 2.22. The van der Waals surface area contributed by atoms with E-state index in [1.165, 1.54) is 12.1 Å². The van der Waals surface area contributed by atoms with E-state index in [1.807, 2.05) is 0 Å². The third kappa shape index (κ3) is 3.76. The average Bonchev–Trinajstić information content (AvgIpc) is 2.46. The Morgan fingerprint density at radius 3 is 2.65 bits per heavy atom. The number of nitrogens with one attached hydrogen (secondary N) is 1. The number of rotatable bonds is 5. The van der Waals surface area contributed by atoms with Crippen LogP contribution in [0.4, 0.5) is 4.39 Å². The Bertz CT molecular complexity index is 555. The van der Waals surface area contributed by atoms with E-state index in [9.17, 15) is 12.8 Å². The summed E-state index contributed by atoms with van der Waals surface area (Å²) in [5, 5.41) is 8.89. The van der Waals surface area contributed by atoms with Crippen molar-refractivity contribution in [1.82, 2.24) is 4.72 Å². The maximum absolute atomic E-state index is 13.7. The Labute approximate surface area is 117 Å². The van der Waals surface area contributed by atoms with Crippen LogP contribution in [0.3, 0.4) is 0 Å². The topological polar surface area (TPSA) is 75.6 Å². The highest BCUT2D eigenvalue weighted by Crippen LogP contribution is 2.18. The Balaban J connectivity index is 2.05. The van der Waals surface area contributed by atoms with E-state index in [0.29, 0.717) is 18.8 Å². The van der Waals surface area contributed by atoms with Crippen LogP contribution in [-0.2, 0) is 21.4 Å². The number of benzene rings is 1. The van der Waals surface area contributed by atoms with Crippen LogP contribution in [0, 0.1) is 11.7 Å². The fourth-order valence-corrected chi connectivity index (χ4v) is 3.29. The minimum absolute atomic E-state index is 0.221. The number of ether oxygens (including phenoxy) is 1. The van der Waals surface area contributed by atoms with Crippen LogP contribution in [0.2, 0.25) is 0 Å². The maximum Gasteiger partial charge on any atom is 0.243 e. The Kier molecular flexibility index (Phi) is 5.09. The second-order valence-electron chi connectivity index (χ2n) is 4.83. The molecule has 1 fully saturated rings. The van der Waals surface area contributed by atoms with Crippen molar-refractivity contribution < 1.29 is 22.7 Å². The van der Waals surface area contributed by atoms with Gasteiger partial charge in [-0.15, -0.1) is 0 Å². The van der Waals surface area contributed by atoms with E-state index < -0.39 is 15.8 Å². The SMILES string of the molecule is O=S(=O)(NCC1CCOCC1)c1ccc(CO)cc1F. The number of aliphatic hydroxyl groups excluding tert-OH is 1. The van der Waals surface area contributed by atoms with Gasteiger partial charge in [-0.3, -0.25) is 0 Å². The van der Waals surface area contributed by atoms with Gasteiger partial charge in [-0.25, -0.2) is 17.5 Å². The van der Waals surface area contributed by atoms with Crippen LogP contribution in [-0.4, -0.2) is 33.3 Å². The maximum atomic E-state index is 13.7. The van der Waals surface area contributed by atoms with Gasteiger partial charge in [0.05, 0.1) is 6.61 Å². The summed E-state index contributed by atoms with van der Waals surface area (Å²) in [7, 11) is -3.86. The van der Waals surface area contributed by atoms with E-state index in [0.717, 1.165) is 18.9 Å². The zero-order valence-electron chi connectivity index (χ0n) is 11.0. The van der Waals surface area contributed by atoms with Crippen LogP contribution in [0.25, 0.3) is 0 Å². The number of aliphatic hydroxyl groups is 1. The normalized spacial score (nSPS) is 17.3. The van der Waals surface area contributed by atoms with E-state index in [-0.39, 0.29) is 24.0 Å². The van der Waals surface area contributed by atoms with Gasteiger partial charge in [-0.2, -0.15) is 0 Å². The standard InChI is InChI=1S/C13H18FNO4S/c14-12-7-11(9-16)1-2-13(12)20(17,18)15-8-10-3-5-19-6-4-10/h1-2,7,10,15-16H,3-6,8-9H2. The fourth-order valence-electron chi connectivity index (χ4n) is 2.12. The predicted octanol–water partition coefficient (Wildman–Crippen LogP) is 1.02. The molecule has 2 N–H and O–H groups in total. The summed E-state index contributed by atoms with van der Waals surface area (Å²) in [6.07, 6.45) is 1.60. The number of hydrogen-bond acceptors (Lipinski definition) is 4. The lowest BCUT2D eigenvalue weighted by atomic mass is 10.0. The second-order valence-corrected chi connectivity index (χ2v) is 6.57. The Morgan fingerprint density at radius 1 is 1.35 bits per heavy atom. The first kappa shape index (κ1) is 15.4. The quantitative estimate of drug-likeness (QED) is 0.851. The molecule has 112 valence electrons. The molecule has 0 spiro atoms. The van der Waals surface area contributed by atoms with E-state index >= 15 is 0 Å². The third-order valence-corrected chi connectivity index (χ3v) is 4.83. The van der Waals surface area contributed by atoms with Crippen molar-refractivity contribution in [2.24, 2.45) is 5.92 Å². The highest BCUT2D eigenvalue weighted by molar-refractivity contribution is 7.89. The van der Waals surface area contributed by atoms with Crippen molar-refractivity contribution in [2.45, 2.75) is 24.3 Å². The van der Waals surface area contributed by atoms with Crippen LogP contribution >= 0.6 is 0 Å². The molecule has 1 heterocycles. The van der Waals surface area contributed by atoms with Crippen molar-refractivity contribution >= 4 is 10.0 Å². The molecule has 0 radical (unpaired) electrons. The van der Waals surface area contributed by atoms with Gasteiger partial charge in [0, 0.05) is 19.8 Å². The summed E-state index contributed by atoms with van der Waals surface area (Å²) < 4.78 is 45.5. The van der Waals surface area contributed by atoms with Gasteiger partial charge in [0.2, 0.25) is 10.0 Å². The van der Waals surface area contributed by atoms with Gasteiger partial charge in [-0.05, 0) is 36.5 Å². The monoisotopic (exact) mass is 303 g/mol. The molecule has 1 aromatic rings. The van der Waals surface area contributed by atoms with Crippen molar-refractivity contribution in [3.05, 3.63) is 29.6 Å². The lowest BCUT2D eigenvalue weighted by Crippen LogP contribution is -2.32. The summed E-state index contributed by atoms with van der Waals surface area (Å²) in [6, 6.07) is 3.60. The zero-order valence-corrected chi connectivity index (χ0v) is 11.8. The molecule has 20 heavy (non-hydrogen) atoms. The van der Waals surface area contributed by atoms with Crippen LogP contribution in [0.1, 0.15) is 18.4 Å². The van der Waals surface area contributed by atoms with Gasteiger partial charge in [0.25, 0.3) is 0 Å². The first-order chi connectivity index (χ1) is 9.53. The summed E-state index contributed by atoms with van der Waals surface area (Å²) in [5.41, 5.74) is 0.339. The minimum atomic E-state index is -3.86. The zero-order chi connectivity index (χ0) is 14.6. The Hall–Kier alpha value is -1.02. The molecule has 1 aliphatic rings. The second kappa shape index (κ2) is 6.62. The first-order valence-corrected chi connectivity index (χ1v) is 7.98. The van der Waals surface area contributed by atoms with Crippen molar-refractivity contribution in [2.75, 3.05) is 19.8 Å². The lowest BCUT2D eigenvalue weighted by molar-refractivity contribution is 0.0678. The number of hydrogen-bond donors (Lipinski definition) is 2. The minimum Gasteiger partial charge on any atom is -0.392 e. The lowest BCUT2D eigenvalue weighted by Gasteiger charge is -2.22. The predicted molar refractivity (Wildman–Crippen MR) is 71.1 cm³/mol. The van der Waals surface area contributed by atoms with Crippen LogP contribution < -0.4 is 4.72 Å². The molecule has 1 aromatic carbocycles. The fraction of sp³-hybridized carbons (Fsp3) is 0.538. The van der Waals surface area contributed by atoms with Crippen molar-refractivity contribution in [1.29, 1.82) is 0 Å². The summed E-state index contributed by atoms with van der Waals surface area (Å²) in [6.45, 7) is 1.22. The summed E-state index contributed by atoms with van der Waals surface area (Å²) in [5.74, 6) is -0.630. The van der Waals surface area contributed by atoms with Gasteiger partial charge in [-0.1, -0.05) is 6.07 Å². The van der Waals surface area contributed by atoms with Gasteiger partial charge < -0.3 is 9.84 Å². The Morgan fingerprint density at radius 2 is 2.05 bits per heavy atom. The molecule has 0 bridgehead atoms. The van der Waals surface area contributed by atoms with E-state index in [1.54, 1.807) is 0 Å². The van der Waals surface area contributed by atoms with E-state index in [4.69, 9.17) is 9.84 Å². The molecule has 7 heteroatoms. The molecule has 1 saturated heterocycles. The molecule has 0 amide bonds. The summed E-state index contributed by atoms with van der Waals surface area (Å²) in [4.78, 5) is -0.387. The molecule has 0 aliphatic carbocycles. The molecule has 0 atom stereocenters. The highest BCUT2D eigenvalue weighted by atomic mass is 32.2. The molecular weight excluding hydrogens is 285 g/mol. The molecule has 0 unspecified atom stereocenters. The molecule has 2 rings (SSSR count). The van der Waals surface area contributed by atoms with Gasteiger partial charge in [0.15, 0.2) is 0 Å². The van der Waals surface area contributed by atoms with Crippen molar-refractivity contribution in [3.63, 3.8) is 0 Å². The third-order valence-electron chi connectivity index (χ3n) is 3.37. The van der Waals surface area contributed by atoms with Crippen molar-refractivity contribution in [3.8, 4) is 0 Å². The largest absolute Gasteiger partial charge is 0.392 e. The van der Waals surface area contributed by atoms with Crippen LogP contribution in [0.15, 0.2) is 23.1 Å². The van der Waals surface area contributed by atoms with Gasteiger partial charge >= 0.3 is 0 Å². The molecule has 1 aliphatic heterocycles. The molecular formula is C13H18FNO4S. The number of sulfonamides is 1. The summed E-state index contributed by atoms with van der Waals surface area (Å²) >= 11 is 0. The van der Waals surface area contributed by atoms with Crippen LogP contribution in [0.5, 0.6) is 0 Å². The molecule has 0 saturated carbocycles. The smallest absolute Gasteiger partial charge is 0.243 e. The van der Waals surface area contributed by atoms with Gasteiger partial charge in [0.1, 0.15) is 10.7 Å².